The number of amides is 1. The lowest BCUT2D eigenvalue weighted by atomic mass is 10.0. The molecule has 3 aromatic rings. The van der Waals surface area contributed by atoms with Crippen LogP contribution in [-0.2, 0) is 6.54 Å². The highest BCUT2D eigenvalue weighted by Crippen LogP contribution is 2.17. The van der Waals surface area contributed by atoms with Crippen molar-refractivity contribution in [3.8, 4) is 0 Å². The summed E-state index contributed by atoms with van der Waals surface area (Å²) in [7, 11) is 0. The average molecular weight is 382 g/mol. The van der Waals surface area contributed by atoms with Crippen LogP contribution in [0.1, 0.15) is 27.2 Å². The van der Waals surface area contributed by atoms with Crippen LogP contribution >= 0.6 is 11.3 Å². The molecular weight excluding hydrogens is 360 g/mol. The van der Waals surface area contributed by atoms with E-state index in [9.17, 15) is 9.59 Å². The van der Waals surface area contributed by atoms with E-state index < -0.39 is 0 Å². The first-order valence-corrected chi connectivity index (χ1v) is 9.94. The van der Waals surface area contributed by atoms with Crippen LogP contribution < -0.4 is 5.56 Å². The Morgan fingerprint density at radius 1 is 1.19 bits per heavy atom. The summed E-state index contributed by atoms with van der Waals surface area (Å²) in [6, 6.07) is 7.48. The van der Waals surface area contributed by atoms with Gasteiger partial charge in [0.25, 0.3) is 11.5 Å². The van der Waals surface area contributed by atoms with E-state index in [0.29, 0.717) is 19.6 Å². The molecule has 0 atom stereocenters. The first kappa shape index (κ1) is 17.9. The van der Waals surface area contributed by atoms with E-state index in [4.69, 9.17) is 0 Å². The van der Waals surface area contributed by atoms with Crippen molar-refractivity contribution in [1.29, 1.82) is 0 Å². The Morgan fingerprint density at radius 3 is 2.74 bits per heavy atom. The lowest BCUT2D eigenvalue weighted by Gasteiger charge is -2.34. The molecule has 0 saturated carbocycles. The molecule has 6 nitrogen and oxygen atoms in total. The summed E-state index contributed by atoms with van der Waals surface area (Å²) in [5.41, 5.74) is 3.73. The van der Waals surface area contributed by atoms with Gasteiger partial charge < -0.3 is 4.90 Å². The molecule has 7 heteroatoms. The van der Waals surface area contributed by atoms with Gasteiger partial charge in [0, 0.05) is 55.9 Å². The monoisotopic (exact) mass is 382 g/mol. The van der Waals surface area contributed by atoms with Crippen LogP contribution in [0.4, 0.5) is 0 Å². The maximum absolute atomic E-state index is 12.9. The van der Waals surface area contributed by atoms with Gasteiger partial charge in [0.05, 0.1) is 5.69 Å². The number of nitrogens with zero attached hydrogens (tertiary/aromatic N) is 4. The summed E-state index contributed by atoms with van der Waals surface area (Å²) in [5.74, 6) is 0.104. The zero-order chi connectivity index (χ0) is 19.0. The third-order valence-electron chi connectivity index (χ3n) is 5.24. The third kappa shape index (κ3) is 3.52. The van der Waals surface area contributed by atoms with Crippen molar-refractivity contribution in [2.75, 3.05) is 26.2 Å². The molecule has 4 rings (SSSR count). The summed E-state index contributed by atoms with van der Waals surface area (Å²) in [4.78, 5) is 34.4. The second-order valence-corrected chi connectivity index (χ2v) is 7.83. The van der Waals surface area contributed by atoms with Gasteiger partial charge in [-0.1, -0.05) is 12.1 Å². The smallest absolute Gasteiger partial charge is 0.258 e. The van der Waals surface area contributed by atoms with Gasteiger partial charge in [-0.05, 0) is 31.0 Å². The van der Waals surface area contributed by atoms with Crippen molar-refractivity contribution < 1.29 is 4.79 Å². The summed E-state index contributed by atoms with van der Waals surface area (Å²) >= 11 is 1.46. The molecule has 1 saturated heterocycles. The van der Waals surface area contributed by atoms with Gasteiger partial charge in [-0.2, -0.15) is 0 Å². The van der Waals surface area contributed by atoms with Crippen LogP contribution in [-0.4, -0.2) is 51.3 Å². The van der Waals surface area contributed by atoms with Crippen molar-refractivity contribution in [2.24, 2.45) is 0 Å². The first-order chi connectivity index (χ1) is 13.0. The molecule has 1 amide bonds. The van der Waals surface area contributed by atoms with Crippen molar-refractivity contribution in [3.63, 3.8) is 0 Å². The van der Waals surface area contributed by atoms with Crippen molar-refractivity contribution in [2.45, 2.75) is 20.4 Å². The number of benzene rings is 1. The minimum atomic E-state index is -0.0417. The molecule has 1 aromatic carbocycles. The Hall–Kier alpha value is -2.51. The van der Waals surface area contributed by atoms with Crippen LogP contribution in [0.2, 0.25) is 0 Å². The fourth-order valence-corrected chi connectivity index (χ4v) is 4.20. The zero-order valence-corrected chi connectivity index (χ0v) is 16.3. The number of rotatable bonds is 3. The van der Waals surface area contributed by atoms with Gasteiger partial charge in [0.2, 0.25) is 0 Å². The minimum Gasteiger partial charge on any atom is -0.336 e. The molecule has 0 aliphatic carbocycles. The van der Waals surface area contributed by atoms with E-state index in [1.807, 2.05) is 42.3 Å². The molecule has 0 unspecified atom stereocenters. The Balaban J connectivity index is 1.42. The van der Waals surface area contributed by atoms with Crippen LogP contribution in [0.3, 0.4) is 0 Å². The van der Waals surface area contributed by atoms with E-state index in [2.05, 4.69) is 9.88 Å². The predicted octanol–water partition coefficient (Wildman–Crippen LogP) is 2.33. The second-order valence-electron chi connectivity index (χ2n) is 6.96. The molecule has 1 fully saturated rings. The number of hydrogen-bond acceptors (Lipinski definition) is 5. The molecule has 27 heavy (non-hydrogen) atoms. The average Bonchev–Trinajstić information content (AvgIpc) is 3.13. The van der Waals surface area contributed by atoms with E-state index in [1.54, 1.807) is 16.7 Å². The van der Waals surface area contributed by atoms with Crippen LogP contribution in [0.15, 0.2) is 40.6 Å². The molecule has 1 aliphatic rings. The Morgan fingerprint density at radius 2 is 1.96 bits per heavy atom. The second kappa shape index (κ2) is 7.25. The largest absolute Gasteiger partial charge is 0.336 e. The topological polar surface area (TPSA) is 57.9 Å². The molecule has 0 spiro atoms. The molecule has 1 aliphatic heterocycles. The lowest BCUT2D eigenvalue weighted by Crippen LogP contribution is -2.48. The molecule has 2 aromatic heterocycles. The van der Waals surface area contributed by atoms with E-state index in [1.165, 1.54) is 11.3 Å². The number of aryl methyl sites for hydroxylation is 1. The molecule has 0 N–H and O–H groups in total. The fourth-order valence-electron chi connectivity index (χ4n) is 3.46. The summed E-state index contributed by atoms with van der Waals surface area (Å²) in [6.45, 7) is 7.60. The molecule has 3 heterocycles. The first-order valence-electron chi connectivity index (χ1n) is 9.06. The summed E-state index contributed by atoms with van der Waals surface area (Å²) in [6.07, 6.45) is 1.75. The van der Waals surface area contributed by atoms with Crippen molar-refractivity contribution in [1.82, 2.24) is 19.2 Å². The van der Waals surface area contributed by atoms with Crippen LogP contribution in [0.25, 0.3) is 4.96 Å². The maximum atomic E-state index is 12.9. The summed E-state index contributed by atoms with van der Waals surface area (Å²) in [5, 5.41) is 1.87. The fraction of sp³-hybridized carbons (Fsp3) is 0.350. The number of aromatic nitrogens is 2. The number of fused-ring (bicyclic) bond motifs is 1. The van der Waals surface area contributed by atoms with Gasteiger partial charge in [-0.3, -0.25) is 18.9 Å². The standard InChI is InChI=1S/C20H22N4O2S/c1-14-4-3-5-17(15(14)2)19(26)23-8-6-22(7-9-23)13-16-12-18(25)24-10-11-27-20(24)21-16/h3-5,10-12H,6-9,13H2,1-2H3. The van der Waals surface area contributed by atoms with Gasteiger partial charge in [0.1, 0.15) is 0 Å². The molecule has 0 radical (unpaired) electrons. The van der Waals surface area contributed by atoms with Gasteiger partial charge in [-0.25, -0.2) is 4.98 Å². The van der Waals surface area contributed by atoms with E-state index >= 15 is 0 Å². The van der Waals surface area contributed by atoms with Gasteiger partial charge in [0.15, 0.2) is 4.96 Å². The number of thiazole rings is 1. The Kier molecular flexibility index (Phi) is 4.80. The van der Waals surface area contributed by atoms with E-state index in [-0.39, 0.29) is 11.5 Å². The third-order valence-corrected chi connectivity index (χ3v) is 5.99. The van der Waals surface area contributed by atoms with Gasteiger partial charge in [-0.15, -0.1) is 11.3 Å². The predicted molar refractivity (Wildman–Crippen MR) is 106 cm³/mol. The zero-order valence-electron chi connectivity index (χ0n) is 15.5. The Bertz CT molecular complexity index is 1050. The quantitative estimate of drug-likeness (QED) is 0.698. The molecular formula is C20H22N4O2S. The number of piperazine rings is 1. The highest BCUT2D eigenvalue weighted by Gasteiger charge is 2.23. The summed E-state index contributed by atoms with van der Waals surface area (Å²) < 4.78 is 1.56. The number of hydrogen-bond donors (Lipinski definition) is 0. The molecule has 140 valence electrons. The lowest BCUT2D eigenvalue weighted by molar-refractivity contribution is 0.0626. The molecule has 0 bridgehead atoms. The van der Waals surface area contributed by atoms with Crippen molar-refractivity contribution >= 4 is 22.2 Å². The minimum absolute atomic E-state index is 0.0417. The van der Waals surface area contributed by atoms with Gasteiger partial charge >= 0.3 is 0 Å². The van der Waals surface area contributed by atoms with Crippen molar-refractivity contribution in [3.05, 3.63) is 68.6 Å². The highest BCUT2D eigenvalue weighted by atomic mass is 32.1. The SMILES string of the molecule is Cc1cccc(C(=O)N2CCN(Cc3cc(=O)n4ccsc4n3)CC2)c1C. The number of carbonyl (C=O) groups is 1. The maximum Gasteiger partial charge on any atom is 0.258 e. The van der Waals surface area contributed by atoms with E-state index in [0.717, 1.165) is 40.4 Å². The normalized spacial score (nSPS) is 15.4. The van der Waals surface area contributed by atoms with Crippen LogP contribution in [0.5, 0.6) is 0 Å². The highest BCUT2D eigenvalue weighted by molar-refractivity contribution is 7.15. The Labute approximate surface area is 161 Å². The van der Waals surface area contributed by atoms with Crippen LogP contribution in [0, 0.1) is 13.8 Å². The number of carbonyl (C=O) groups excluding carboxylic acids is 1.